The van der Waals surface area contributed by atoms with Gasteiger partial charge in [-0.25, -0.2) is 4.68 Å². The number of carbonyl (C=O) groups excluding carboxylic acids is 1. The maximum Gasteiger partial charge on any atom is 0.185 e. The summed E-state index contributed by atoms with van der Waals surface area (Å²) in [4.78, 5) is 12.5. The molecule has 1 aromatic heterocycles. The summed E-state index contributed by atoms with van der Waals surface area (Å²) < 4.78 is 1.73. The Morgan fingerprint density at radius 3 is 2.59 bits per heavy atom. The Kier molecular flexibility index (Phi) is 4.34. The monoisotopic (exact) mass is 298 g/mol. The molecule has 1 fully saturated rings. The van der Waals surface area contributed by atoms with Crippen molar-refractivity contribution >= 4 is 5.78 Å². The largest absolute Gasteiger partial charge is 0.328 e. The SMILES string of the molecule is Cc1c(C(=O)CC2CCC(N)CC2)nnn1-c1ccccc1. The molecule has 0 saturated heterocycles. The molecule has 1 aromatic carbocycles. The Morgan fingerprint density at radius 2 is 1.91 bits per heavy atom. The zero-order valence-electron chi connectivity index (χ0n) is 12.9. The molecule has 116 valence electrons. The van der Waals surface area contributed by atoms with E-state index in [0.29, 0.717) is 24.1 Å². The molecule has 0 radical (unpaired) electrons. The number of hydrogen-bond donors (Lipinski definition) is 1. The lowest BCUT2D eigenvalue weighted by molar-refractivity contribution is 0.0942. The van der Waals surface area contributed by atoms with E-state index >= 15 is 0 Å². The highest BCUT2D eigenvalue weighted by atomic mass is 16.1. The number of carbonyl (C=O) groups is 1. The second kappa shape index (κ2) is 6.40. The first kappa shape index (κ1) is 14.9. The number of benzene rings is 1. The summed E-state index contributed by atoms with van der Waals surface area (Å²) >= 11 is 0. The first-order valence-corrected chi connectivity index (χ1v) is 7.91. The predicted octanol–water partition coefficient (Wildman–Crippen LogP) is 2.67. The van der Waals surface area contributed by atoms with Gasteiger partial charge in [0.05, 0.1) is 11.4 Å². The topological polar surface area (TPSA) is 73.8 Å². The Labute approximate surface area is 130 Å². The lowest BCUT2D eigenvalue weighted by Crippen LogP contribution is -2.27. The van der Waals surface area contributed by atoms with Crippen molar-refractivity contribution in [3.63, 3.8) is 0 Å². The Morgan fingerprint density at radius 1 is 1.23 bits per heavy atom. The number of aromatic nitrogens is 3. The quantitative estimate of drug-likeness (QED) is 0.881. The van der Waals surface area contributed by atoms with E-state index in [-0.39, 0.29) is 5.78 Å². The molecule has 0 unspecified atom stereocenters. The van der Waals surface area contributed by atoms with Crippen LogP contribution in [0.4, 0.5) is 0 Å². The van der Waals surface area contributed by atoms with Crippen LogP contribution in [0, 0.1) is 12.8 Å². The van der Waals surface area contributed by atoms with Gasteiger partial charge in [-0.3, -0.25) is 4.79 Å². The second-order valence-corrected chi connectivity index (χ2v) is 6.18. The van der Waals surface area contributed by atoms with Crippen LogP contribution in [0.25, 0.3) is 5.69 Å². The summed E-state index contributed by atoms with van der Waals surface area (Å²) in [5, 5.41) is 8.25. The minimum absolute atomic E-state index is 0.0974. The molecular weight excluding hydrogens is 276 g/mol. The lowest BCUT2D eigenvalue weighted by Gasteiger charge is -2.25. The highest BCUT2D eigenvalue weighted by molar-refractivity contribution is 5.95. The fourth-order valence-corrected chi connectivity index (χ4v) is 3.15. The maximum absolute atomic E-state index is 12.5. The summed E-state index contributed by atoms with van der Waals surface area (Å²) in [6.07, 6.45) is 4.68. The Hall–Kier alpha value is -2.01. The molecule has 2 aromatic rings. The molecule has 3 rings (SSSR count). The standard InChI is InChI=1S/C17H22N4O/c1-12-17(16(22)11-13-7-9-14(18)10-8-13)19-20-21(12)15-5-3-2-4-6-15/h2-6,13-14H,7-11,18H2,1H3. The smallest absolute Gasteiger partial charge is 0.185 e. The van der Waals surface area contributed by atoms with Crippen LogP contribution in [0.1, 0.15) is 48.3 Å². The van der Waals surface area contributed by atoms with Gasteiger partial charge in [-0.2, -0.15) is 0 Å². The van der Waals surface area contributed by atoms with Gasteiger partial charge in [-0.05, 0) is 50.7 Å². The lowest BCUT2D eigenvalue weighted by atomic mass is 9.83. The van der Waals surface area contributed by atoms with E-state index in [0.717, 1.165) is 37.1 Å². The van der Waals surface area contributed by atoms with E-state index < -0.39 is 0 Å². The Bertz CT molecular complexity index is 642. The van der Waals surface area contributed by atoms with Gasteiger partial charge in [-0.1, -0.05) is 23.4 Å². The van der Waals surface area contributed by atoms with Gasteiger partial charge in [0.15, 0.2) is 11.5 Å². The molecular formula is C17H22N4O. The minimum Gasteiger partial charge on any atom is -0.328 e. The number of Topliss-reactive ketones (excluding diaryl/α,β-unsaturated/α-hetero) is 1. The minimum atomic E-state index is 0.0974. The van der Waals surface area contributed by atoms with Gasteiger partial charge in [0.2, 0.25) is 0 Å². The summed E-state index contributed by atoms with van der Waals surface area (Å²) in [5.74, 6) is 0.536. The first-order valence-electron chi connectivity index (χ1n) is 7.91. The van der Waals surface area contributed by atoms with Crippen molar-refractivity contribution in [3.8, 4) is 5.69 Å². The van der Waals surface area contributed by atoms with Crippen molar-refractivity contribution in [3.05, 3.63) is 41.7 Å². The number of rotatable bonds is 4. The first-order chi connectivity index (χ1) is 10.6. The third kappa shape index (κ3) is 3.09. The van der Waals surface area contributed by atoms with Crippen LogP contribution >= 0.6 is 0 Å². The van der Waals surface area contributed by atoms with Crippen LogP contribution in [0.2, 0.25) is 0 Å². The fraction of sp³-hybridized carbons (Fsp3) is 0.471. The molecule has 1 aliphatic carbocycles. The van der Waals surface area contributed by atoms with E-state index in [1.54, 1.807) is 4.68 Å². The van der Waals surface area contributed by atoms with Crippen molar-refractivity contribution in [2.75, 3.05) is 0 Å². The van der Waals surface area contributed by atoms with Gasteiger partial charge in [0.1, 0.15) is 0 Å². The third-order valence-corrected chi connectivity index (χ3v) is 4.52. The summed E-state index contributed by atoms with van der Waals surface area (Å²) in [6.45, 7) is 1.90. The number of para-hydroxylation sites is 1. The molecule has 5 nitrogen and oxygen atoms in total. The van der Waals surface area contributed by atoms with Crippen molar-refractivity contribution in [1.82, 2.24) is 15.0 Å². The van der Waals surface area contributed by atoms with Crippen LogP contribution in [-0.2, 0) is 0 Å². The predicted molar refractivity (Wildman–Crippen MR) is 85.0 cm³/mol. The Balaban J connectivity index is 1.73. The van der Waals surface area contributed by atoms with Gasteiger partial charge >= 0.3 is 0 Å². The van der Waals surface area contributed by atoms with Gasteiger partial charge in [0.25, 0.3) is 0 Å². The van der Waals surface area contributed by atoms with E-state index in [1.807, 2.05) is 37.3 Å². The molecule has 0 amide bonds. The van der Waals surface area contributed by atoms with Crippen molar-refractivity contribution in [2.45, 2.75) is 45.1 Å². The molecule has 22 heavy (non-hydrogen) atoms. The molecule has 1 aliphatic rings. The van der Waals surface area contributed by atoms with Crippen LogP contribution in [0.15, 0.2) is 30.3 Å². The van der Waals surface area contributed by atoms with E-state index in [1.165, 1.54) is 0 Å². The molecule has 0 spiro atoms. The summed E-state index contributed by atoms with van der Waals surface area (Å²) in [7, 11) is 0. The van der Waals surface area contributed by atoms with Crippen LogP contribution in [0.5, 0.6) is 0 Å². The zero-order valence-corrected chi connectivity index (χ0v) is 12.9. The molecule has 1 saturated carbocycles. The normalized spacial score (nSPS) is 21.7. The highest BCUT2D eigenvalue weighted by Gasteiger charge is 2.24. The number of ketones is 1. The van der Waals surface area contributed by atoms with Crippen LogP contribution in [0.3, 0.4) is 0 Å². The zero-order chi connectivity index (χ0) is 15.5. The third-order valence-electron chi connectivity index (χ3n) is 4.52. The number of hydrogen-bond acceptors (Lipinski definition) is 4. The average molecular weight is 298 g/mol. The number of nitrogens with two attached hydrogens (primary N) is 1. The fourth-order valence-electron chi connectivity index (χ4n) is 3.15. The summed E-state index contributed by atoms with van der Waals surface area (Å²) in [6, 6.07) is 10.1. The van der Waals surface area contributed by atoms with Gasteiger partial charge in [-0.15, -0.1) is 5.10 Å². The second-order valence-electron chi connectivity index (χ2n) is 6.18. The average Bonchev–Trinajstić information content (AvgIpc) is 2.92. The van der Waals surface area contributed by atoms with E-state index in [2.05, 4.69) is 10.3 Å². The van der Waals surface area contributed by atoms with Crippen LogP contribution in [-0.4, -0.2) is 26.8 Å². The number of nitrogens with zero attached hydrogens (tertiary/aromatic N) is 3. The molecule has 5 heteroatoms. The van der Waals surface area contributed by atoms with Crippen molar-refractivity contribution < 1.29 is 4.79 Å². The maximum atomic E-state index is 12.5. The highest BCUT2D eigenvalue weighted by Crippen LogP contribution is 2.27. The molecule has 2 N–H and O–H groups in total. The van der Waals surface area contributed by atoms with E-state index in [4.69, 9.17) is 5.73 Å². The molecule has 1 heterocycles. The van der Waals surface area contributed by atoms with E-state index in [9.17, 15) is 4.79 Å². The van der Waals surface area contributed by atoms with Crippen molar-refractivity contribution in [1.29, 1.82) is 0 Å². The van der Waals surface area contributed by atoms with Crippen LogP contribution < -0.4 is 5.73 Å². The molecule has 0 atom stereocenters. The summed E-state index contributed by atoms with van der Waals surface area (Å²) in [5.41, 5.74) is 8.15. The van der Waals surface area contributed by atoms with Gasteiger partial charge in [0, 0.05) is 12.5 Å². The van der Waals surface area contributed by atoms with Crippen molar-refractivity contribution in [2.24, 2.45) is 11.7 Å². The van der Waals surface area contributed by atoms with Gasteiger partial charge < -0.3 is 5.73 Å². The molecule has 0 aliphatic heterocycles. The molecule has 0 bridgehead atoms.